The Morgan fingerprint density at radius 3 is 2.53 bits per heavy atom. The molecule has 0 aliphatic carbocycles. The smallest absolute Gasteiger partial charge is 0.318 e. The van der Waals surface area contributed by atoms with Crippen LogP contribution in [0.1, 0.15) is 5.56 Å². The summed E-state index contributed by atoms with van der Waals surface area (Å²) in [5.74, 6) is -3.30. The van der Waals surface area contributed by atoms with Gasteiger partial charge in [-0.15, -0.1) is 0 Å². The van der Waals surface area contributed by atoms with E-state index in [-0.39, 0.29) is 10.6 Å². The normalized spacial score (nSPS) is 14.7. The van der Waals surface area contributed by atoms with E-state index in [0.29, 0.717) is 22.7 Å². The van der Waals surface area contributed by atoms with Crippen molar-refractivity contribution in [3.05, 3.63) is 72.9 Å². The maximum atomic E-state index is 13.2. The van der Waals surface area contributed by atoms with Crippen molar-refractivity contribution in [1.29, 1.82) is 0 Å². The first-order valence-electron chi connectivity index (χ1n) is 8.53. The number of nitrogens with one attached hydrogen (secondary N) is 1. The maximum Gasteiger partial charge on any atom is 0.318 e. The Labute approximate surface area is 181 Å². The lowest BCUT2D eigenvalue weighted by molar-refractivity contribution is -0.394. The topological polar surface area (TPSA) is 173 Å². The van der Waals surface area contributed by atoms with Gasteiger partial charge in [-0.1, -0.05) is 6.07 Å². The number of non-ortho nitro benzene ring substituents is 1. The molecule has 2 aromatic carbocycles. The monoisotopic (exact) mass is 462 g/mol. The predicted molar refractivity (Wildman–Crippen MR) is 109 cm³/mol. The van der Waals surface area contributed by atoms with Gasteiger partial charge in [0.15, 0.2) is 0 Å². The summed E-state index contributed by atoms with van der Waals surface area (Å²) in [5.41, 5.74) is -2.00. The molecule has 3 rings (SSSR count). The van der Waals surface area contributed by atoms with Crippen LogP contribution in [0.5, 0.6) is 5.75 Å². The van der Waals surface area contributed by atoms with Crippen molar-refractivity contribution in [3.63, 3.8) is 0 Å². The van der Waals surface area contributed by atoms with E-state index in [0.717, 1.165) is 24.3 Å². The molecule has 0 saturated carbocycles. The Morgan fingerprint density at radius 1 is 1.19 bits per heavy atom. The van der Waals surface area contributed by atoms with Crippen molar-refractivity contribution in [2.75, 3.05) is 11.9 Å². The molecule has 3 amide bonds. The third-order valence-electron chi connectivity index (χ3n) is 4.08. The Kier molecular flexibility index (Phi) is 6.15. The zero-order valence-corrected chi connectivity index (χ0v) is 16.5. The molecule has 0 aromatic heterocycles. The molecule has 0 radical (unpaired) electrons. The summed E-state index contributed by atoms with van der Waals surface area (Å²) in [7, 11) is 0. The van der Waals surface area contributed by atoms with Gasteiger partial charge >= 0.3 is 5.69 Å². The number of hydrogen-bond acceptors (Lipinski definition) is 9. The standard InChI is InChI=1S/C18H11FN4O8S/c19-10-2-1-3-11(6-10)20-15(24)8-21-17(26)14(32-18(21)27)5-9-4-12(22(28)29)7-13(16(9)25)23(30)31/h1-7,25H,8H2,(H,20,24)/b14-5+. The zero-order chi connectivity index (χ0) is 23.6. The minimum atomic E-state index is -1.04. The molecular formula is C18H11FN4O8S. The van der Waals surface area contributed by atoms with Crippen molar-refractivity contribution < 1.29 is 33.7 Å². The highest BCUT2D eigenvalue weighted by atomic mass is 32.2. The molecule has 1 saturated heterocycles. The number of anilines is 1. The van der Waals surface area contributed by atoms with E-state index in [4.69, 9.17) is 0 Å². The number of aromatic hydroxyl groups is 1. The average molecular weight is 462 g/mol. The number of phenols is 1. The number of benzene rings is 2. The van der Waals surface area contributed by atoms with Crippen LogP contribution in [-0.2, 0) is 9.59 Å². The fraction of sp³-hybridized carbons (Fsp3) is 0.0556. The molecule has 1 fully saturated rings. The molecule has 164 valence electrons. The lowest BCUT2D eigenvalue weighted by atomic mass is 10.1. The number of carbonyl (C=O) groups is 3. The highest BCUT2D eigenvalue weighted by Gasteiger charge is 2.37. The maximum absolute atomic E-state index is 13.2. The number of phenolic OH excluding ortho intramolecular Hbond substituents is 1. The Hall–Kier alpha value is -4.33. The number of amides is 3. The van der Waals surface area contributed by atoms with E-state index in [1.165, 1.54) is 12.1 Å². The van der Waals surface area contributed by atoms with Crippen molar-refractivity contribution in [1.82, 2.24) is 4.90 Å². The molecule has 0 spiro atoms. The SMILES string of the molecule is O=C(CN1C(=O)S/C(=C/c2cc([N+](=O)[O-])cc([N+](=O)[O-])c2O)C1=O)Nc1cccc(F)c1. The molecular weight excluding hydrogens is 451 g/mol. The number of imide groups is 1. The summed E-state index contributed by atoms with van der Waals surface area (Å²) in [6.45, 7) is -0.709. The van der Waals surface area contributed by atoms with Crippen LogP contribution in [0.4, 0.5) is 26.2 Å². The number of carbonyl (C=O) groups excluding carboxylic acids is 3. The summed E-state index contributed by atoms with van der Waals surface area (Å²) >= 11 is 0.372. The number of nitro groups is 2. The first kappa shape index (κ1) is 22.4. The van der Waals surface area contributed by atoms with Gasteiger partial charge in [-0.3, -0.25) is 39.5 Å². The highest BCUT2D eigenvalue weighted by molar-refractivity contribution is 8.18. The summed E-state index contributed by atoms with van der Waals surface area (Å²) in [6, 6.07) is 6.28. The van der Waals surface area contributed by atoms with Crippen LogP contribution >= 0.6 is 11.8 Å². The second kappa shape index (κ2) is 8.81. The van der Waals surface area contributed by atoms with E-state index < -0.39 is 61.9 Å². The van der Waals surface area contributed by atoms with E-state index in [2.05, 4.69) is 5.32 Å². The van der Waals surface area contributed by atoms with Gasteiger partial charge in [0.1, 0.15) is 12.4 Å². The molecule has 1 heterocycles. The molecule has 0 unspecified atom stereocenters. The summed E-state index contributed by atoms with van der Waals surface area (Å²) in [6.07, 6.45) is 0.880. The minimum absolute atomic E-state index is 0.103. The Bertz CT molecular complexity index is 1220. The fourth-order valence-corrected chi connectivity index (χ4v) is 3.50. The van der Waals surface area contributed by atoms with Gasteiger partial charge in [-0.2, -0.15) is 0 Å². The highest BCUT2D eigenvalue weighted by Crippen LogP contribution is 2.39. The van der Waals surface area contributed by atoms with Gasteiger partial charge in [-0.25, -0.2) is 4.39 Å². The van der Waals surface area contributed by atoms with Crippen LogP contribution in [0.3, 0.4) is 0 Å². The van der Waals surface area contributed by atoms with Gasteiger partial charge < -0.3 is 10.4 Å². The molecule has 2 aromatic rings. The summed E-state index contributed by atoms with van der Waals surface area (Å²) in [5, 5.41) is 33.6. The van der Waals surface area contributed by atoms with Gasteiger partial charge in [-0.05, 0) is 36.0 Å². The fourth-order valence-electron chi connectivity index (χ4n) is 2.67. The third kappa shape index (κ3) is 4.70. The van der Waals surface area contributed by atoms with Crippen LogP contribution in [0.15, 0.2) is 41.3 Å². The number of nitro benzene ring substituents is 2. The van der Waals surface area contributed by atoms with Crippen molar-refractivity contribution >= 4 is 52.0 Å². The van der Waals surface area contributed by atoms with Crippen molar-refractivity contribution in [2.24, 2.45) is 0 Å². The average Bonchev–Trinajstić information content (AvgIpc) is 2.96. The largest absolute Gasteiger partial charge is 0.502 e. The number of hydrogen-bond donors (Lipinski definition) is 2. The Morgan fingerprint density at radius 2 is 1.91 bits per heavy atom. The lowest BCUT2D eigenvalue weighted by Crippen LogP contribution is -2.36. The second-order valence-electron chi connectivity index (χ2n) is 6.24. The summed E-state index contributed by atoms with van der Waals surface area (Å²) in [4.78, 5) is 57.2. The second-order valence-corrected chi connectivity index (χ2v) is 7.24. The lowest BCUT2D eigenvalue weighted by Gasteiger charge is -2.12. The van der Waals surface area contributed by atoms with Crippen LogP contribution < -0.4 is 5.32 Å². The van der Waals surface area contributed by atoms with Crippen LogP contribution in [0.2, 0.25) is 0 Å². The van der Waals surface area contributed by atoms with E-state index in [9.17, 15) is 44.1 Å². The van der Waals surface area contributed by atoms with Gasteiger partial charge in [0.05, 0.1) is 20.8 Å². The number of thioether (sulfide) groups is 1. The first-order chi connectivity index (χ1) is 15.1. The minimum Gasteiger partial charge on any atom is -0.502 e. The number of rotatable bonds is 6. The van der Waals surface area contributed by atoms with Gasteiger partial charge in [0.25, 0.3) is 16.8 Å². The van der Waals surface area contributed by atoms with E-state index in [1.807, 2.05) is 0 Å². The zero-order valence-electron chi connectivity index (χ0n) is 15.7. The van der Waals surface area contributed by atoms with Crippen LogP contribution in [0.25, 0.3) is 6.08 Å². The van der Waals surface area contributed by atoms with Crippen LogP contribution in [0, 0.1) is 26.0 Å². The quantitative estimate of drug-likeness (QED) is 0.371. The molecule has 1 aliphatic heterocycles. The van der Waals surface area contributed by atoms with Crippen LogP contribution in [-0.4, -0.2) is 43.5 Å². The number of nitrogens with zero attached hydrogens (tertiary/aromatic N) is 3. The molecule has 2 N–H and O–H groups in total. The van der Waals surface area contributed by atoms with Gasteiger partial charge in [0, 0.05) is 17.3 Å². The van der Waals surface area contributed by atoms with Crippen molar-refractivity contribution in [2.45, 2.75) is 0 Å². The molecule has 0 atom stereocenters. The van der Waals surface area contributed by atoms with Gasteiger partial charge in [0.2, 0.25) is 11.7 Å². The molecule has 32 heavy (non-hydrogen) atoms. The first-order valence-corrected chi connectivity index (χ1v) is 9.35. The predicted octanol–water partition coefficient (Wildman–Crippen LogP) is 3.02. The number of halogens is 1. The molecule has 14 heteroatoms. The molecule has 1 aliphatic rings. The molecule has 0 bridgehead atoms. The third-order valence-corrected chi connectivity index (χ3v) is 4.99. The van der Waals surface area contributed by atoms with E-state index >= 15 is 0 Å². The van der Waals surface area contributed by atoms with Crippen molar-refractivity contribution in [3.8, 4) is 5.75 Å². The summed E-state index contributed by atoms with van der Waals surface area (Å²) < 4.78 is 13.2. The Balaban J connectivity index is 1.85. The van der Waals surface area contributed by atoms with E-state index in [1.54, 1.807) is 0 Å². The molecule has 12 nitrogen and oxygen atoms in total.